The predicted octanol–water partition coefficient (Wildman–Crippen LogP) is 7.39. The van der Waals surface area contributed by atoms with Gasteiger partial charge in [-0.05, 0) is 114 Å². The third kappa shape index (κ3) is 7.56. The first-order valence-electron chi connectivity index (χ1n) is 16.7. The number of hydrogen-bond donors (Lipinski definition) is 0. The third-order valence-corrected chi connectivity index (χ3v) is 10.2. The summed E-state index contributed by atoms with van der Waals surface area (Å²) in [6.07, 6.45) is 14.8. The highest BCUT2D eigenvalue weighted by Gasteiger charge is 2.34. The zero-order valence-electron chi connectivity index (χ0n) is 26.9. The van der Waals surface area contributed by atoms with E-state index in [0.717, 1.165) is 105 Å². The number of rotatable bonds is 11. The highest BCUT2D eigenvalue weighted by molar-refractivity contribution is 5.94. The second kappa shape index (κ2) is 14.1. The van der Waals surface area contributed by atoms with Crippen molar-refractivity contribution in [2.24, 2.45) is 17.8 Å². The number of pyridine rings is 2. The zero-order valence-corrected chi connectivity index (χ0v) is 26.9. The number of nitrogens with zero attached hydrogens (tertiary/aromatic N) is 4. The zero-order chi connectivity index (χ0) is 31.3. The van der Waals surface area contributed by atoms with E-state index in [9.17, 15) is 9.59 Å². The SMILES string of the molecule is COC(=O)CCC1CCC(C(=O)N(CC2CCC(c3ccc(OC)c(C)n3)CC2)c2cc(-c3coc(C4CC4)n3)ccn2)CC1. The van der Waals surface area contributed by atoms with Crippen LogP contribution >= 0.6 is 0 Å². The van der Waals surface area contributed by atoms with Crippen molar-refractivity contribution in [3.05, 3.63) is 54.0 Å². The number of esters is 1. The van der Waals surface area contributed by atoms with Crippen molar-refractivity contribution in [1.82, 2.24) is 15.0 Å². The molecule has 3 fully saturated rings. The molecule has 3 aromatic rings. The second-order valence-corrected chi connectivity index (χ2v) is 13.3. The summed E-state index contributed by atoms with van der Waals surface area (Å²) in [5.74, 6) is 3.99. The van der Waals surface area contributed by atoms with Gasteiger partial charge in [-0.1, -0.05) is 0 Å². The molecule has 240 valence electrons. The molecule has 9 nitrogen and oxygen atoms in total. The molecule has 3 aliphatic rings. The Morgan fingerprint density at radius 1 is 0.911 bits per heavy atom. The van der Waals surface area contributed by atoms with E-state index in [1.165, 1.54) is 7.11 Å². The lowest BCUT2D eigenvalue weighted by atomic mass is 9.78. The van der Waals surface area contributed by atoms with Crippen LogP contribution in [0.5, 0.6) is 5.75 Å². The van der Waals surface area contributed by atoms with Crippen LogP contribution in [0.3, 0.4) is 0 Å². The first-order valence-corrected chi connectivity index (χ1v) is 16.7. The number of hydrogen-bond acceptors (Lipinski definition) is 8. The van der Waals surface area contributed by atoms with Crippen LogP contribution in [0.1, 0.15) is 106 Å². The fraction of sp³-hybridized carbons (Fsp3) is 0.583. The maximum absolute atomic E-state index is 14.3. The number of carbonyl (C=O) groups is 2. The molecule has 45 heavy (non-hydrogen) atoms. The van der Waals surface area contributed by atoms with E-state index in [2.05, 4.69) is 6.07 Å². The fourth-order valence-corrected chi connectivity index (χ4v) is 7.21. The molecule has 0 unspecified atom stereocenters. The summed E-state index contributed by atoms with van der Waals surface area (Å²) in [6.45, 7) is 2.66. The van der Waals surface area contributed by atoms with Gasteiger partial charge in [0.1, 0.15) is 23.5 Å². The third-order valence-electron chi connectivity index (χ3n) is 10.2. The molecule has 1 amide bonds. The molecule has 0 atom stereocenters. The van der Waals surface area contributed by atoms with Crippen molar-refractivity contribution >= 4 is 17.7 Å². The predicted molar refractivity (Wildman–Crippen MR) is 171 cm³/mol. The van der Waals surface area contributed by atoms with Crippen LogP contribution in [0.15, 0.2) is 41.1 Å². The first kappa shape index (κ1) is 31.2. The summed E-state index contributed by atoms with van der Waals surface area (Å²) < 4.78 is 16.0. The average molecular weight is 615 g/mol. The molecule has 6 rings (SSSR count). The number of aromatic nitrogens is 3. The Morgan fingerprint density at radius 2 is 1.64 bits per heavy atom. The molecule has 0 aliphatic heterocycles. The smallest absolute Gasteiger partial charge is 0.305 e. The molecular weight excluding hydrogens is 568 g/mol. The van der Waals surface area contributed by atoms with Crippen molar-refractivity contribution in [1.29, 1.82) is 0 Å². The summed E-state index contributed by atoms with van der Waals surface area (Å²) in [7, 11) is 3.12. The molecule has 9 heteroatoms. The van der Waals surface area contributed by atoms with Gasteiger partial charge >= 0.3 is 5.97 Å². The molecule has 0 spiro atoms. The summed E-state index contributed by atoms with van der Waals surface area (Å²) in [5.41, 5.74) is 3.78. The standard InChI is InChI=1S/C36H46N4O5/c1-23-32(43-2)16-15-30(38-23)26-9-6-25(7-10-26)21-40(36(42)28-11-4-24(5-12-28)8-17-34(41)44-3)33-20-29(18-19-37-33)31-22-45-35(39-31)27-13-14-27/h15-16,18-20,22,24-28H,4-14,17,21H2,1-3H3. The second-order valence-electron chi connectivity index (χ2n) is 13.3. The van der Waals surface area contributed by atoms with Gasteiger partial charge in [0.15, 0.2) is 5.89 Å². The number of methoxy groups -OCH3 is 2. The van der Waals surface area contributed by atoms with Crippen LogP contribution in [0.25, 0.3) is 11.3 Å². The van der Waals surface area contributed by atoms with Gasteiger partial charge in [0, 0.05) is 48.2 Å². The summed E-state index contributed by atoms with van der Waals surface area (Å²) in [4.78, 5) is 42.2. The first-order chi connectivity index (χ1) is 21.9. The Hall–Kier alpha value is -3.75. The van der Waals surface area contributed by atoms with Crippen LogP contribution in [-0.2, 0) is 14.3 Å². The van der Waals surface area contributed by atoms with Crippen molar-refractivity contribution in [2.45, 2.75) is 95.8 Å². The van der Waals surface area contributed by atoms with Crippen LogP contribution < -0.4 is 9.64 Å². The van der Waals surface area contributed by atoms with Crippen molar-refractivity contribution in [3.63, 3.8) is 0 Å². The Labute approximate surface area is 266 Å². The molecule has 0 saturated heterocycles. The Kier molecular flexibility index (Phi) is 9.81. The number of anilines is 1. The Morgan fingerprint density at radius 3 is 2.33 bits per heavy atom. The number of amides is 1. The molecule has 0 N–H and O–H groups in total. The quantitative estimate of drug-likeness (QED) is 0.206. The molecule has 3 saturated carbocycles. The molecule has 0 bridgehead atoms. The van der Waals surface area contributed by atoms with Gasteiger partial charge in [-0.25, -0.2) is 9.97 Å². The van der Waals surface area contributed by atoms with Crippen molar-refractivity contribution < 1.29 is 23.5 Å². The van der Waals surface area contributed by atoms with Gasteiger partial charge in [0.25, 0.3) is 0 Å². The van der Waals surface area contributed by atoms with E-state index in [1.807, 2.05) is 30.0 Å². The largest absolute Gasteiger partial charge is 0.495 e. The summed E-state index contributed by atoms with van der Waals surface area (Å²) in [5, 5.41) is 0. The summed E-state index contributed by atoms with van der Waals surface area (Å²) >= 11 is 0. The van der Waals surface area contributed by atoms with E-state index in [1.54, 1.807) is 19.6 Å². The minimum atomic E-state index is -0.158. The Balaban J connectivity index is 1.16. The van der Waals surface area contributed by atoms with E-state index >= 15 is 0 Å². The minimum Gasteiger partial charge on any atom is -0.495 e. The van der Waals surface area contributed by atoms with Gasteiger partial charge in [-0.2, -0.15) is 0 Å². The van der Waals surface area contributed by atoms with Gasteiger partial charge in [-0.3, -0.25) is 19.5 Å². The van der Waals surface area contributed by atoms with Gasteiger partial charge < -0.3 is 13.9 Å². The average Bonchev–Trinajstić information content (AvgIpc) is 3.82. The molecular formula is C36H46N4O5. The van der Waals surface area contributed by atoms with Gasteiger partial charge in [-0.15, -0.1) is 0 Å². The number of ether oxygens (including phenoxy) is 2. The monoisotopic (exact) mass is 614 g/mol. The van der Waals surface area contributed by atoms with Crippen molar-refractivity contribution in [3.8, 4) is 17.0 Å². The van der Waals surface area contributed by atoms with Crippen LogP contribution in [0, 0.1) is 24.7 Å². The lowest BCUT2D eigenvalue weighted by molar-refractivity contribution is -0.141. The molecule has 3 heterocycles. The fourth-order valence-electron chi connectivity index (χ4n) is 7.21. The maximum atomic E-state index is 14.3. The highest BCUT2D eigenvalue weighted by Crippen LogP contribution is 2.41. The lowest BCUT2D eigenvalue weighted by Crippen LogP contribution is -2.42. The molecule has 0 aromatic carbocycles. The number of carbonyl (C=O) groups excluding carboxylic acids is 2. The molecule has 0 radical (unpaired) electrons. The molecule has 3 aromatic heterocycles. The van der Waals surface area contributed by atoms with Crippen molar-refractivity contribution in [2.75, 3.05) is 25.7 Å². The molecule has 3 aliphatic carbocycles. The Bertz CT molecular complexity index is 1470. The minimum absolute atomic E-state index is 0.0406. The normalized spacial score (nSPS) is 23.4. The van der Waals surface area contributed by atoms with E-state index in [4.69, 9.17) is 28.8 Å². The number of aryl methyl sites for hydroxylation is 1. The van der Waals surface area contributed by atoms with E-state index in [0.29, 0.717) is 42.5 Å². The van der Waals surface area contributed by atoms with Crippen LogP contribution in [0.2, 0.25) is 0 Å². The highest BCUT2D eigenvalue weighted by atomic mass is 16.5. The van der Waals surface area contributed by atoms with Crippen LogP contribution in [0.4, 0.5) is 5.82 Å². The number of oxazole rings is 1. The lowest BCUT2D eigenvalue weighted by Gasteiger charge is -2.35. The van der Waals surface area contributed by atoms with E-state index < -0.39 is 0 Å². The topological polar surface area (TPSA) is 108 Å². The maximum Gasteiger partial charge on any atom is 0.305 e. The van der Waals surface area contributed by atoms with Gasteiger partial charge in [0.2, 0.25) is 5.91 Å². The summed E-state index contributed by atoms with van der Waals surface area (Å²) in [6, 6.07) is 8.07. The van der Waals surface area contributed by atoms with Crippen LogP contribution in [-0.4, -0.2) is 47.6 Å². The van der Waals surface area contributed by atoms with E-state index in [-0.39, 0.29) is 17.8 Å². The van der Waals surface area contributed by atoms with Gasteiger partial charge in [0.05, 0.1) is 19.9 Å².